The lowest BCUT2D eigenvalue weighted by Crippen LogP contribution is -2.26. The Hall–Kier alpha value is -3.13. The first kappa shape index (κ1) is 17.9. The Labute approximate surface area is 170 Å². The van der Waals surface area contributed by atoms with E-state index in [2.05, 4.69) is 34.6 Å². The number of hydrogen-bond donors (Lipinski definition) is 1. The summed E-state index contributed by atoms with van der Waals surface area (Å²) in [6, 6.07) is 12.4. The van der Waals surface area contributed by atoms with Crippen molar-refractivity contribution in [1.29, 1.82) is 5.26 Å². The predicted octanol–water partition coefficient (Wildman–Crippen LogP) is 5.01. The number of nitrogens with one attached hydrogen (secondary N) is 1. The molecule has 0 unspecified atom stereocenters. The van der Waals surface area contributed by atoms with Gasteiger partial charge in [-0.15, -0.1) is 0 Å². The van der Waals surface area contributed by atoms with Crippen LogP contribution in [0.4, 0.5) is 11.5 Å². The zero-order chi connectivity index (χ0) is 19.8. The van der Waals surface area contributed by atoms with Crippen molar-refractivity contribution in [3.8, 4) is 6.07 Å². The molecule has 2 aromatic heterocycles. The average Bonchev–Trinajstić information content (AvgIpc) is 3.27. The minimum Gasteiger partial charge on any atom is -0.340 e. The highest BCUT2D eigenvalue weighted by Gasteiger charge is 2.22. The molecular formula is C24H24N4O. The highest BCUT2D eigenvalue weighted by Crippen LogP contribution is 2.32. The van der Waals surface area contributed by atoms with E-state index >= 15 is 0 Å². The summed E-state index contributed by atoms with van der Waals surface area (Å²) in [5.41, 5.74) is 4.77. The fraction of sp³-hybridized carbons (Fsp3) is 0.375. The fourth-order valence-electron chi connectivity index (χ4n) is 4.86. The molecule has 0 amide bonds. The third-order valence-corrected chi connectivity index (χ3v) is 6.35. The van der Waals surface area contributed by atoms with Gasteiger partial charge in [0.05, 0.1) is 5.52 Å². The number of aromatic nitrogens is 2. The Kier molecular flexibility index (Phi) is 4.55. The number of fused-ring (bicyclic) bond motifs is 2. The molecule has 0 aliphatic heterocycles. The van der Waals surface area contributed by atoms with E-state index in [1.807, 2.05) is 10.6 Å². The second-order valence-corrected chi connectivity index (χ2v) is 8.23. The van der Waals surface area contributed by atoms with Crippen molar-refractivity contribution in [2.45, 2.75) is 57.4 Å². The third-order valence-electron chi connectivity index (χ3n) is 6.35. The maximum atomic E-state index is 12.9. The lowest BCUT2D eigenvalue weighted by atomic mass is 9.91. The number of aryl methyl sites for hydroxylation is 2. The Bertz CT molecular complexity index is 1180. The van der Waals surface area contributed by atoms with E-state index in [4.69, 9.17) is 0 Å². The number of anilines is 2. The standard InChI is InChI=1S/C24H24N4O/c25-14-18-11-19-15-26-23(13-22(19)28(24(18)29)21-7-3-4-8-21)27-20-10-9-16-5-1-2-6-17(16)12-20/h9-13,15,21H,1-8H2,(H,26,27). The van der Waals surface area contributed by atoms with Gasteiger partial charge in [0, 0.05) is 29.4 Å². The zero-order valence-corrected chi connectivity index (χ0v) is 16.4. The maximum Gasteiger partial charge on any atom is 0.269 e. The molecule has 2 heterocycles. The maximum absolute atomic E-state index is 12.9. The minimum atomic E-state index is -0.183. The number of rotatable bonds is 3. The first-order valence-corrected chi connectivity index (χ1v) is 10.6. The number of pyridine rings is 2. The fourth-order valence-corrected chi connectivity index (χ4v) is 4.86. The molecule has 0 spiro atoms. The first-order chi connectivity index (χ1) is 14.2. The van der Waals surface area contributed by atoms with E-state index in [-0.39, 0.29) is 17.2 Å². The van der Waals surface area contributed by atoms with E-state index in [0.29, 0.717) is 0 Å². The molecule has 0 atom stereocenters. The highest BCUT2D eigenvalue weighted by atomic mass is 16.1. The van der Waals surface area contributed by atoms with Crippen LogP contribution < -0.4 is 10.9 Å². The molecule has 5 heteroatoms. The molecule has 2 aliphatic carbocycles. The molecule has 29 heavy (non-hydrogen) atoms. The quantitative estimate of drug-likeness (QED) is 0.689. The van der Waals surface area contributed by atoms with Gasteiger partial charge in [-0.3, -0.25) is 4.79 Å². The molecule has 5 rings (SSSR count). The van der Waals surface area contributed by atoms with E-state index in [1.54, 1.807) is 12.3 Å². The molecule has 1 saturated carbocycles. The Morgan fingerprint density at radius 1 is 1.03 bits per heavy atom. The molecule has 3 aromatic rings. The van der Waals surface area contributed by atoms with E-state index in [0.717, 1.165) is 54.5 Å². The van der Waals surface area contributed by atoms with Crippen molar-refractivity contribution in [3.05, 3.63) is 63.6 Å². The van der Waals surface area contributed by atoms with Crippen LogP contribution in [0.3, 0.4) is 0 Å². The molecule has 1 aromatic carbocycles. The van der Waals surface area contributed by atoms with E-state index in [9.17, 15) is 10.1 Å². The number of hydrogen-bond acceptors (Lipinski definition) is 4. The summed E-state index contributed by atoms with van der Waals surface area (Å²) in [5, 5.41) is 13.7. The average molecular weight is 384 g/mol. The van der Waals surface area contributed by atoms with Crippen LogP contribution in [-0.4, -0.2) is 9.55 Å². The molecule has 2 aliphatic rings. The van der Waals surface area contributed by atoms with Crippen LogP contribution in [0.15, 0.2) is 41.3 Å². The van der Waals surface area contributed by atoms with Crippen LogP contribution in [0.25, 0.3) is 10.9 Å². The number of nitriles is 1. The van der Waals surface area contributed by atoms with Crippen molar-refractivity contribution < 1.29 is 0 Å². The van der Waals surface area contributed by atoms with Crippen LogP contribution in [0.1, 0.15) is 61.3 Å². The van der Waals surface area contributed by atoms with Gasteiger partial charge >= 0.3 is 0 Å². The van der Waals surface area contributed by atoms with Crippen LogP contribution in [0.5, 0.6) is 0 Å². The summed E-state index contributed by atoms with van der Waals surface area (Å²) in [6.45, 7) is 0. The van der Waals surface area contributed by atoms with Crippen LogP contribution >= 0.6 is 0 Å². The second-order valence-electron chi connectivity index (χ2n) is 8.23. The molecule has 1 fully saturated rings. The smallest absolute Gasteiger partial charge is 0.269 e. The first-order valence-electron chi connectivity index (χ1n) is 10.6. The Balaban J connectivity index is 1.57. The normalized spacial score (nSPS) is 16.5. The van der Waals surface area contributed by atoms with Crippen LogP contribution in [0, 0.1) is 11.3 Å². The molecule has 146 valence electrons. The SMILES string of the molecule is N#Cc1cc2cnc(Nc3ccc4c(c3)CCCC4)cc2n(C2CCCC2)c1=O. The van der Waals surface area contributed by atoms with Gasteiger partial charge in [0.2, 0.25) is 0 Å². The van der Waals surface area contributed by atoms with Crippen molar-refractivity contribution in [3.63, 3.8) is 0 Å². The van der Waals surface area contributed by atoms with Gasteiger partial charge in [-0.2, -0.15) is 5.26 Å². The monoisotopic (exact) mass is 384 g/mol. The lowest BCUT2D eigenvalue weighted by molar-refractivity contribution is 0.519. The summed E-state index contributed by atoms with van der Waals surface area (Å²) >= 11 is 0. The molecule has 1 N–H and O–H groups in total. The van der Waals surface area contributed by atoms with E-state index in [1.165, 1.54) is 30.4 Å². The highest BCUT2D eigenvalue weighted by molar-refractivity contribution is 5.82. The van der Waals surface area contributed by atoms with E-state index < -0.39 is 0 Å². The molecule has 0 radical (unpaired) electrons. The summed E-state index contributed by atoms with van der Waals surface area (Å²) < 4.78 is 1.83. The predicted molar refractivity (Wildman–Crippen MR) is 115 cm³/mol. The second kappa shape index (κ2) is 7.36. The molecule has 0 saturated heterocycles. The molecular weight excluding hydrogens is 360 g/mol. The van der Waals surface area contributed by atoms with Crippen LogP contribution in [-0.2, 0) is 12.8 Å². The van der Waals surface area contributed by atoms with Crippen molar-refractivity contribution in [2.75, 3.05) is 5.32 Å². The minimum absolute atomic E-state index is 0.164. The van der Waals surface area contributed by atoms with Gasteiger partial charge in [-0.1, -0.05) is 18.9 Å². The summed E-state index contributed by atoms with van der Waals surface area (Å²) in [6.07, 6.45) is 10.8. The molecule has 0 bridgehead atoms. The number of benzene rings is 1. The molecule has 5 nitrogen and oxygen atoms in total. The van der Waals surface area contributed by atoms with Crippen LogP contribution in [0.2, 0.25) is 0 Å². The zero-order valence-electron chi connectivity index (χ0n) is 16.4. The summed E-state index contributed by atoms with van der Waals surface area (Å²) in [7, 11) is 0. The van der Waals surface area contributed by atoms with Crippen molar-refractivity contribution in [1.82, 2.24) is 9.55 Å². The number of nitrogens with zero attached hydrogens (tertiary/aromatic N) is 3. The third kappa shape index (κ3) is 3.29. The Morgan fingerprint density at radius 2 is 1.83 bits per heavy atom. The van der Waals surface area contributed by atoms with Gasteiger partial charge in [0.15, 0.2) is 0 Å². The summed E-state index contributed by atoms with van der Waals surface area (Å²) in [5.74, 6) is 0.726. The van der Waals surface area contributed by atoms with Crippen molar-refractivity contribution >= 4 is 22.4 Å². The Morgan fingerprint density at radius 3 is 2.62 bits per heavy atom. The summed E-state index contributed by atoms with van der Waals surface area (Å²) in [4.78, 5) is 17.5. The van der Waals surface area contributed by atoms with Gasteiger partial charge in [0.1, 0.15) is 17.5 Å². The van der Waals surface area contributed by atoms with Crippen molar-refractivity contribution in [2.24, 2.45) is 0 Å². The topological polar surface area (TPSA) is 70.7 Å². The lowest BCUT2D eigenvalue weighted by Gasteiger charge is -2.19. The van der Waals surface area contributed by atoms with Gasteiger partial charge < -0.3 is 9.88 Å². The van der Waals surface area contributed by atoms with Gasteiger partial charge in [0.25, 0.3) is 5.56 Å². The van der Waals surface area contributed by atoms with Gasteiger partial charge in [-0.05, 0) is 67.9 Å². The largest absolute Gasteiger partial charge is 0.340 e. The van der Waals surface area contributed by atoms with Gasteiger partial charge in [-0.25, -0.2) is 4.98 Å².